The van der Waals surface area contributed by atoms with Crippen LogP contribution in [-0.2, 0) is 4.79 Å². The van der Waals surface area contributed by atoms with E-state index in [1.54, 1.807) is 4.90 Å². The maximum Gasteiger partial charge on any atom is 0.328 e. The van der Waals surface area contributed by atoms with Crippen LogP contribution >= 0.6 is 0 Å². The number of hydrogen-bond acceptors (Lipinski definition) is 3. The van der Waals surface area contributed by atoms with Crippen molar-refractivity contribution in [2.45, 2.75) is 52.2 Å². The number of carboxylic acids is 1. The Balaban J connectivity index is 2.60. The third kappa shape index (κ3) is 4.70. The first kappa shape index (κ1) is 15.8. The van der Waals surface area contributed by atoms with Crippen LogP contribution in [0.1, 0.15) is 40.0 Å². The molecule has 2 amide bonds. The Hall–Kier alpha value is -1.30. The van der Waals surface area contributed by atoms with Crippen molar-refractivity contribution in [2.75, 3.05) is 13.1 Å². The summed E-state index contributed by atoms with van der Waals surface area (Å²) in [7, 11) is 0. The smallest absolute Gasteiger partial charge is 0.328 e. The lowest BCUT2D eigenvalue weighted by Crippen LogP contribution is -2.52. The molecule has 2 atom stereocenters. The lowest BCUT2D eigenvalue weighted by atomic mass is 9.85. The number of urea groups is 1. The average Bonchev–Trinajstić information content (AvgIpc) is 2.46. The number of nitrogens with one attached hydrogen (secondary N) is 1. The van der Waals surface area contributed by atoms with E-state index in [0.717, 1.165) is 19.3 Å². The molecule has 6 heteroatoms. The van der Waals surface area contributed by atoms with Crippen LogP contribution in [0.15, 0.2) is 0 Å². The Kier molecular flexibility index (Phi) is 5.17. The van der Waals surface area contributed by atoms with Crippen LogP contribution in [0.2, 0.25) is 0 Å². The molecular weight excluding hydrogens is 248 g/mol. The first-order valence-corrected chi connectivity index (χ1v) is 6.69. The van der Waals surface area contributed by atoms with Crippen molar-refractivity contribution < 1.29 is 19.8 Å². The van der Waals surface area contributed by atoms with Crippen LogP contribution in [0.25, 0.3) is 0 Å². The van der Waals surface area contributed by atoms with E-state index in [2.05, 4.69) is 19.2 Å². The van der Waals surface area contributed by atoms with Gasteiger partial charge in [-0.1, -0.05) is 13.8 Å². The minimum absolute atomic E-state index is 0.214. The molecule has 1 fully saturated rings. The van der Waals surface area contributed by atoms with E-state index < -0.39 is 24.1 Å². The molecule has 3 N–H and O–H groups in total. The van der Waals surface area contributed by atoms with Gasteiger partial charge in [0.1, 0.15) is 0 Å². The summed E-state index contributed by atoms with van der Waals surface area (Å²) in [6.45, 7) is 6.94. The fraction of sp³-hybridized carbons (Fsp3) is 0.846. The van der Waals surface area contributed by atoms with Crippen LogP contribution in [0, 0.1) is 5.41 Å². The minimum Gasteiger partial charge on any atom is -0.480 e. The number of aliphatic hydroxyl groups is 1. The molecule has 0 bridgehead atoms. The van der Waals surface area contributed by atoms with Gasteiger partial charge in [0, 0.05) is 13.1 Å². The van der Waals surface area contributed by atoms with Crippen molar-refractivity contribution in [3.05, 3.63) is 0 Å². The Morgan fingerprint density at radius 2 is 1.89 bits per heavy atom. The van der Waals surface area contributed by atoms with Gasteiger partial charge in [0.2, 0.25) is 0 Å². The molecule has 0 aliphatic carbocycles. The fourth-order valence-electron chi connectivity index (χ4n) is 2.24. The van der Waals surface area contributed by atoms with Gasteiger partial charge in [-0.25, -0.2) is 9.59 Å². The molecule has 1 aliphatic rings. The molecule has 1 heterocycles. The lowest BCUT2D eigenvalue weighted by Gasteiger charge is -2.26. The number of hydrogen-bond donors (Lipinski definition) is 3. The molecule has 0 aromatic heterocycles. The van der Waals surface area contributed by atoms with Crippen LogP contribution in [0.4, 0.5) is 4.79 Å². The molecular formula is C13H24N2O4. The highest BCUT2D eigenvalue weighted by Crippen LogP contribution is 2.29. The zero-order valence-electron chi connectivity index (χ0n) is 11.8. The molecule has 1 aliphatic heterocycles. The highest BCUT2D eigenvalue weighted by Gasteiger charge is 2.29. The molecule has 0 spiro atoms. The first-order valence-electron chi connectivity index (χ1n) is 6.69. The predicted molar refractivity (Wildman–Crippen MR) is 70.8 cm³/mol. The summed E-state index contributed by atoms with van der Waals surface area (Å²) in [6, 6.07) is -1.67. The number of likely N-dealkylation sites (tertiary alicyclic amines) is 1. The van der Waals surface area contributed by atoms with E-state index in [1.807, 2.05) is 0 Å². The standard InChI is InChI=1S/C13H24N2O4/c1-9(16)10(11(17)18)14-12(19)15-7-4-5-13(2,3)6-8-15/h9-10,16H,4-8H2,1-3H3,(H,14,19)(H,17,18). The summed E-state index contributed by atoms with van der Waals surface area (Å²) in [6.07, 6.45) is 1.74. The number of aliphatic hydroxyl groups excluding tert-OH is 1. The fourth-order valence-corrected chi connectivity index (χ4v) is 2.24. The molecule has 2 unspecified atom stereocenters. The van der Waals surface area contributed by atoms with Crippen molar-refractivity contribution in [3.8, 4) is 0 Å². The Morgan fingerprint density at radius 3 is 2.42 bits per heavy atom. The molecule has 110 valence electrons. The lowest BCUT2D eigenvalue weighted by molar-refractivity contribution is -0.141. The monoisotopic (exact) mass is 272 g/mol. The van der Waals surface area contributed by atoms with Gasteiger partial charge in [-0.3, -0.25) is 0 Å². The summed E-state index contributed by atoms with van der Waals surface area (Å²) in [4.78, 5) is 24.6. The van der Waals surface area contributed by atoms with Crippen LogP contribution < -0.4 is 5.32 Å². The van der Waals surface area contributed by atoms with Gasteiger partial charge in [-0.2, -0.15) is 0 Å². The van der Waals surface area contributed by atoms with E-state index in [-0.39, 0.29) is 5.41 Å². The van der Waals surface area contributed by atoms with Crippen LogP contribution in [0.5, 0.6) is 0 Å². The second-order valence-corrected chi connectivity index (χ2v) is 6.01. The van der Waals surface area contributed by atoms with Crippen LogP contribution in [0.3, 0.4) is 0 Å². The average molecular weight is 272 g/mol. The van der Waals surface area contributed by atoms with Gasteiger partial charge in [-0.05, 0) is 31.6 Å². The first-order chi connectivity index (χ1) is 8.73. The van der Waals surface area contributed by atoms with Crippen LogP contribution in [-0.4, -0.2) is 52.3 Å². The van der Waals surface area contributed by atoms with Crippen molar-refractivity contribution in [3.63, 3.8) is 0 Å². The summed E-state index contributed by atoms with van der Waals surface area (Å²) in [5.74, 6) is -1.22. The zero-order chi connectivity index (χ0) is 14.6. The maximum absolute atomic E-state index is 12.0. The Labute approximate surface area is 113 Å². The van der Waals surface area contributed by atoms with Gasteiger partial charge < -0.3 is 20.4 Å². The number of carboxylic acid groups (broad SMARTS) is 1. The highest BCUT2D eigenvalue weighted by atomic mass is 16.4. The zero-order valence-corrected chi connectivity index (χ0v) is 11.8. The van der Waals surface area contributed by atoms with Gasteiger partial charge >= 0.3 is 12.0 Å². The number of carbonyl (C=O) groups is 2. The number of aliphatic carboxylic acids is 1. The number of amides is 2. The Morgan fingerprint density at radius 1 is 1.26 bits per heavy atom. The molecule has 1 rings (SSSR count). The van der Waals surface area contributed by atoms with E-state index >= 15 is 0 Å². The summed E-state index contributed by atoms with van der Waals surface area (Å²) in [5, 5.41) is 20.7. The van der Waals surface area contributed by atoms with Crippen molar-refractivity contribution in [1.29, 1.82) is 0 Å². The highest BCUT2D eigenvalue weighted by molar-refractivity contribution is 5.83. The molecule has 0 aromatic rings. The predicted octanol–water partition coefficient (Wildman–Crippen LogP) is 1.04. The maximum atomic E-state index is 12.0. The number of carbonyl (C=O) groups excluding carboxylic acids is 1. The topological polar surface area (TPSA) is 89.9 Å². The number of nitrogens with zero attached hydrogens (tertiary/aromatic N) is 1. The summed E-state index contributed by atoms with van der Waals surface area (Å²) >= 11 is 0. The quantitative estimate of drug-likeness (QED) is 0.716. The third-order valence-electron chi connectivity index (χ3n) is 3.65. The van der Waals surface area contributed by atoms with Gasteiger partial charge in [-0.15, -0.1) is 0 Å². The summed E-state index contributed by atoms with van der Waals surface area (Å²) < 4.78 is 0. The second kappa shape index (κ2) is 6.23. The summed E-state index contributed by atoms with van der Waals surface area (Å²) in [5.41, 5.74) is 0.214. The largest absolute Gasteiger partial charge is 0.480 e. The molecule has 0 saturated carbocycles. The van der Waals surface area contributed by atoms with Gasteiger partial charge in [0.25, 0.3) is 0 Å². The van der Waals surface area contributed by atoms with E-state index in [9.17, 15) is 14.7 Å². The molecule has 6 nitrogen and oxygen atoms in total. The second-order valence-electron chi connectivity index (χ2n) is 6.01. The minimum atomic E-state index is -1.26. The normalized spacial score (nSPS) is 22.2. The van der Waals surface area contributed by atoms with E-state index in [4.69, 9.17) is 5.11 Å². The molecule has 0 aromatic carbocycles. The molecule has 19 heavy (non-hydrogen) atoms. The Bertz CT molecular complexity index is 342. The number of rotatable bonds is 3. The molecule has 1 saturated heterocycles. The van der Waals surface area contributed by atoms with Gasteiger partial charge in [0.15, 0.2) is 6.04 Å². The van der Waals surface area contributed by atoms with Crippen molar-refractivity contribution in [2.24, 2.45) is 5.41 Å². The van der Waals surface area contributed by atoms with E-state index in [0.29, 0.717) is 13.1 Å². The third-order valence-corrected chi connectivity index (χ3v) is 3.65. The SMILES string of the molecule is CC(O)C(NC(=O)N1CCCC(C)(C)CC1)C(=O)O. The molecule has 0 radical (unpaired) electrons. The van der Waals surface area contributed by atoms with Crippen molar-refractivity contribution in [1.82, 2.24) is 10.2 Å². The van der Waals surface area contributed by atoms with E-state index in [1.165, 1.54) is 6.92 Å². The van der Waals surface area contributed by atoms with Crippen molar-refractivity contribution >= 4 is 12.0 Å². The van der Waals surface area contributed by atoms with Gasteiger partial charge in [0.05, 0.1) is 6.10 Å².